The van der Waals surface area contributed by atoms with Crippen molar-refractivity contribution < 1.29 is 23.1 Å². The molecule has 9 heteroatoms. The summed E-state index contributed by atoms with van der Waals surface area (Å²) in [5.74, 6) is -3.59. The Labute approximate surface area is 151 Å². The third-order valence-corrected chi connectivity index (χ3v) is 3.89. The summed E-state index contributed by atoms with van der Waals surface area (Å²) in [6.45, 7) is -0.366. The van der Waals surface area contributed by atoms with Gasteiger partial charge in [0.25, 0.3) is 17.6 Å². The van der Waals surface area contributed by atoms with Crippen molar-refractivity contribution in [3.05, 3.63) is 53.1 Å². The minimum absolute atomic E-state index is 0.0636. The van der Waals surface area contributed by atoms with Crippen LogP contribution in [0.25, 0.3) is 0 Å². The number of nitrogens with two attached hydrogens (primary N) is 1. The van der Waals surface area contributed by atoms with Gasteiger partial charge < -0.3 is 15.8 Å². The van der Waals surface area contributed by atoms with Crippen LogP contribution in [0.2, 0.25) is 5.02 Å². The number of hydrogen-bond donors (Lipinski definition) is 2. The number of rotatable bonds is 7. The molecule has 0 aliphatic rings. The lowest BCUT2D eigenvalue weighted by Gasteiger charge is -2.10. The zero-order valence-corrected chi connectivity index (χ0v) is 14.2. The van der Waals surface area contributed by atoms with Crippen molar-refractivity contribution in [2.45, 2.75) is 10.7 Å². The minimum Gasteiger partial charge on any atom is -0.483 e. The summed E-state index contributed by atoms with van der Waals surface area (Å²) < 4.78 is 29.8. The van der Waals surface area contributed by atoms with E-state index in [1.165, 1.54) is 42.5 Å². The number of nitrogens with one attached hydrogen (secondary N) is 1. The Kier molecular flexibility index (Phi) is 6.60. The molecule has 0 fully saturated rings. The van der Waals surface area contributed by atoms with Crippen molar-refractivity contribution in [1.82, 2.24) is 0 Å². The molecule has 2 aromatic carbocycles. The van der Waals surface area contributed by atoms with Crippen LogP contribution in [0.4, 0.5) is 14.5 Å². The third-order valence-electron chi connectivity index (χ3n) is 2.93. The van der Waals surface area contributed by atoms with Crippen LogP contribution in [0.1, 0.15) is 10.4 Å². The van der Waals surface area contributed by atoms with Gasteiger partial charge in [0.15, 0.2) is 6.61 Å². The Morgan fingerprint density at radius 2 is 1.88 bits per heavy atom. The largest absolute Gasteiger partial charge is 0.483 e. The van der Waals surface area contributed by atoms with Crippen LogP contribution in [0, 0.1) is 0 Å². The molecule has 132 valence electrons. The minimum atomic E-state index is -2.51. The molecule has 0 heterocycles. The molecule has 0 spiro atoms. The van der Waals surface area contributed by atoms with Crippen LogP contribution in [0.15, 0.2) is 47.4 Å². The molecule has 2 amide bonds. The molecule has 3 N–H and O–H groups in total. The number of amides is 2. The molecule has 0 bridgehead atoms. The number of carbonyl (C=O) groups excluding carboxylic acids is 2. The van der Waals surface area contributed by atoms with E-state index in [9.17, 15) is 18.4 Å². The lowest BCUT2D eigenvalue weighted by Crippen LogP contribution is -2.21. The van der Waals surface area contributed by atoms with Crippen molar-refractivity contribution in [3.63, 3.8) is 0 Å². The number of hydrogen-bond acceptors (Lipinski definition) is 4. The number of halogens is 3. The highest BCUT2D eigenvalue weighted by Crippen LogP contribution is 2.26. The number of alkyl halides is 2. The average molecular weight is 387 g/mol. The molecule has 2 rings (SSSR count). The van der Waals surface area contributed by atoms with Gasteiger partial charge in [0, 0.05) is 15.6 Å². The van der Waals surface area contributed by atoms with Crippen LogP contribution in [0.5, 0.6) is 5.75 Å². The van der Waals surface area contributed by atoms with Gasteiger partial charge in [0.05, 0.1) is 5.56 Å². The van der Waals surface area contributed by atoms with Crippen LogP contribution < -0.4 is 15.8 Å². The number of anilines is 1. The van der Waals surface area contributed by atoms with Crippen LogP contribution in [-0.2, 0) is 4.79 Å². The predicted octanol–water partition coefficient (Wildman–Crippen LogP) is 3.77. The van der Waals surface area contributed by atoms with Gasteiger partial charge in [0.1, 0.15) is 5.75 Å². The van der Waals surface area contributed by atoms with Crippen molar-refractivity contribution in [2.75, 3.05) is 11.9 Å². The van der Waals surface area contributed by atoms with E-state index in [1.54, 1.807) is 0 Å². The molecule has 0 aliphatic carbocycles. The zero-order valence-electron chi connectivity index (χ0n) is 12.7. The second-order valence-electron chi connectivity index (χ2n) is 4.74. The number of primary amides is 1. The number of thioether (sulfide) groups is 1. The van der Waals surface area contributed by atoms with Gasteiger partial charge >= 0.3 is 0 Å². The molecule has 5 nitrogen and oxygen atoms in total. The van der Waals surface area contributed by atoms with E-state index < -0.39 is 17.6 Å². The number of ether oxygens (including phenoxy) is 1. The van der Waals surface area contributed by atoms with Crippen molar-refractivity contribution in [1.29, 1.82) is 0 Å². The van der Waals surface area contributed by atoms with Crippen LogP contribution in [-0.4, -0.2) is 24.2 Å². The van der Waals surface area contributed by atoms with Crippen molar-refractivity contribution in [3.8, 4) is 5.75 Å². The molecule has 0 radical (unpaired) electrons. The van der Waals surface area contributed by atoms with E-state index in [0.29, 0.717) is 27.4 Å². The highest BCUT2D eigenvalue weighted by Gasteiger charge is 2.12. The smallest absolute Gasteiger partial charge is 0.288 e. The van der Waals surface area contributed by atoms with Gasteiger partial charge in [-0.1, -0.05) is 23.4 Å². The van der Waals surface area contributed by atoms with Gasteiger partial charge in [-0.3, -0.25) is 9.59 Å². The quantitative estimate of drug-likeness (QED) is 0.710. The van der Waals surface area contributed by atoms with E-state index >= 15 is 0 Å². The molecule has 25 heavy (non-hydrogen) atoms. The van der Waals surface area contributed by atoms with E-state index in [-0.39, 0.29) is 17.9 Å². The summed E-state index contributed by atoms with van der Waals surface area (Å²) in [6.07, 6.45) is 0. The fourth-order valence-electron chi connectivity index (χ4n) is 1.88. The first-order valence-electron chi connectivity index (χ1n) is 6.92. The Balaban J connectivity index is 1.94. The topological polar surface area (TPSA) is 81.4 Å². The third kappa shape index (κ3) is 5.91. The van der Waals surface area contributed by atoms with Crippen LogP contribution >= 0.6 is 23.4 Å². The highest BCUT2D eigenvalue weighted by molar-refractivity contribution is 7.99. The molecule has 0 saturated heterocycles. The van der Waals surface area contributed by atoms with Crippen molar-refractivity contribution >= 4 is 40.9 Å². The van der Waals surface area contributed by atoms with Gasteiger partial charge in [-0.15, -0.1) is 0 Å². The maximum atomic E-state index is 12.2. The Hall–Kier alpha value is -2.32. The first-order valence-corrected chi connectivity index (χ1v) is 8.18. The molecule has 2 aromatic rings. The van der Waals surface area contributed by atoms with Crippen LogP contribution in [0.3, 0.4) is 0 Å². The highest BCUT2D eigenvalue weighted by atomic mass is 35.5. The standard InChI is InChI=1S/C16H13ClF2N2O3S/c17-9-1-6-13(12(7-9)15(20)23)24-8-14(22)21-10-2-4-11(5-3-10)25-16(18)19/h1-7,16H,8H2,(H2,20,23)(H,21,22). The molecular formula is C16H13ClF2N2O3S. The summed E-state index contributed by atoms with van der Waals surface area (Å²) in [7, 11) is 0. The van der Waals surface area contributed by atoms with Gasteiger partial charge in [0.2, 0.25) is 0 Å². The van der Waals surface area contributed by atoms with Gasteiger partial charge in [-0.2, -0.15) is 8.78 Å². The molecule has 0 aliphatic heterocycles. The first-order chi connectivity index (χ1) is 11.8. The summed E-state index contributed by atoms with van der Waals surface area (Å²) >= 11 is 6.20. The second-order valence-corrected chi connectivity index (χ2v) is 6.24. The number of carbonyl (C=O) groups is 2. The zero-order chi connectivity index (χ0) is 18.4. The summed E-state index contributed by atoms with van der Waals surface area (Å²) in [6, 6.07) is 10.2. The fourth-order valence-corrected chi connectivity index (χ4v) is 2.55. The van der Waals surface area contributed by atoms with E-state index in [1.807, 2.05) is 0 Å². The molecular weight excluding hydrogens is 374 g/mol. The molecule has 0 saturated carbocycles. The molecule has 0 unspecified atom stereocenters. The lowest BCUT2D eigenvalue weighted by molar-refractivity contribution is -0.118. The van der Waals surface area contributed by atoms with E-state index in [2.05, 4.69) is 5.32 Å². The lowest BCUT2D eigenvalue weighted by atomic mass is 10.2. The monoisotopic (exact) mass is 386 g/mol. The van der Waals surface area contributed by atoms with E-state index in [4.69, 9.17) is 22.1 Å². The molecule has 0 aromatic heterocycles. The van der Waals surface area contributed by atoms with Gasteiger partial charge in [-0.05, 0) is 42.5 Å². The predicted molar refractivity (Wildman–Crippen MR) is 92.4 cm³/mol. The Bertz CT molecular complexity index is 772. The molecule has 0 atom stereocenters. The normalized spacial score (nSPS) is 10.6. The average Bonchev–Trinajstić information content (AvgIpc) is 2.55. The Morgan fingerprint density at radius 1 is 1.20 bits per heavy atom. The maximum Gasteiger partial charge on any atom is 0.288 e. The summed E-state index contributed by atoms with van der Waals surface area (Å²) in [5, 5.41) is 2.86. The Morgan fingerprint density at radius 3 is 2.48 bits per heavy atom. The summed E-state index contributed by atoms with van der Waals surface area (Å²) in [5.41, 5.74) is 5.72. The van der Waals surface area contributed by atoms with Gasteiger partial charge in [-0.25, -0.2) is 0 Å². The first kappa shape index (κ1) is 19.0. The SMILES string of the molecule is NC(=O)c1cc(Cl)ccc1OCC(=O)Nc1ccc(SC(F)F)cc1. The van der Waals surface area contributed by atoms with Crippen molar-refractivity contribution in [2.24, 2.45) is 5.73 Å². The number of benzene rings is 2. The summed E-state index contributed by atoms with van der Waals surface area (Å²) in [4.78, 5) is 23.6. The second kappa shape index (κ2) is 8.68. The fraction of sp³-hybridized carbons (Fsp3) is 0.125. The maximum absolute atomic E-state index is 12.2. The van der Waals surface area contributed by atoms with E-state index in [0.717, 1.165) is 0 Å².